The second kappa shape index (κ2) is 10.6. The summed E-state index contributed by atoms with van der Waals surface area (Å²) in [5, 5.41) is 7.80. The average molecular weight is 495 g/mol. The summed E-state index contributed by atoms with van der Waals surface area (Å²) in [6.07, 6.45) is 1.76. The number of benzene rings is 3. The Hall–Kier alpha value is -3.50. The third-order valence-corrected chi connectivity index (χ3v) is 5.16. The van der Waals surface area contributed by atoms with Crippen molar-refractivity contribution < 1.29 is 13.2 Å². The van der Waals surface area contributed by atoms with E-state index in [4.69, 9.17) is 30.3 Å². The Morgan fingerprint density at radius 2 is 1.71 bits per heavy atom. The van der Waals surface area contributed by atoms with E-state index in [1.165, 1.54) is 6.07 Å². The zero-order valence-corrected chi connectivity index (χ0v) is 19.2. The Bertz CT molecular complexity index is 1380. The molecule has 1 unspecified atom stereocenters. The summed E-state index contributed by atoms with van der Waals surface area (Å²) >= 11 is 3.93. The molecule has 0 saturated heterocycles. The van der Waals surface area contributed by atoms with Gasteiger partial charge in [-0.2, -0.15) is 0 Å². The molecule has 0 aliphatic carbocycles. The molecule has 5 rings (SSSR count). The minimum Gasteiger partial charge on any atom is -0.760 e. The first-order valence-corrected chi connectivity index (χ1v) is 11.6. The van der Waals surface area contributed by atoms with Crippen molar-refractivity contribution in [3.63, 3.8) is 0 Å². The van der Waals surface area contributed by atoms with Crippen LogP contribution in [0.25, 0.3) is 11.3 Å². The third kappa shape index (κ3) is 5.52. The molecule has 3 N–H and O–H groups in total. The van der Waals surface area contributed by atoms with Crippen LogP contribution in [0.3, 0.4) is 0 Å². The fourth-order valence-corrected chi connectivity index (χ4v) is 3.69. The van der Waals surface area contributed by atoms with Crippen molar-refractivity contribution in [3.8, 4) is 11.3 Å². The molecule has 0 radical (unpaired) electrons. The highest BCUT2D eigenvalue weighted by Crippen LogP contribution is 2.34. The molecule has 2 heterocycles. The van der Waals surface area contributed by atoms with E-state index in [9.17, 15) is 4.39 Å². The first kappa shape index (κ1) is 23.7. The average Bonchev–Trinajstić information content (AvgIpc) is 2.96. The first-order chi connectivity index (χ1) is 16.4. The van der Waals surface area contributed by atoms with Crippen LogP contribution in [-0.4, -0.2) is 24.4 Å². The lowest BCUT2D eigenvalue weighted by atomic mass is 9.95. The normalized spacial score (nSPS) is 12.8. The molecule has 1 aliphatic heterocycles. The quantitative estimate of drug-likeness (QED) is 0.398. The number of nitrogens with zero attached hydrogens (tertiary/aromatic N) is 3. The van der Waals surface area contributed by atoms with Crippen molar-refractivity contribution in [2.45, 2.75) is 6.54 Å². The highest BCUT2D eigenvalue weighted by atomic mass is 35.5. The zero-order chi connectivity index (χ0) is 24.1. The summed E-state index contributed by atoms with van der Waals surface area (Å²) in [4.78, 5) is 13.9. The summed E-state index contributed by atoms with van der Waals surface area (Å²) in [6, 6.07) is 21.9. The zero-order valence-electron chi connectivity index (χ0n) is 17.6. The molecule has 4 aromatic rings. The number of para-hydroxylation sites is 1. The van der Waals surface area contributed by atoms with E-state index >= 15 is 0 Å². The molecule has 0 spiro atoms. The van der Waals surface area contributed by atoms with E-state index < -0.39 is 11.3 Å². The Morgan fingerprint density at radius 3 is 2.44 bits per heavy atom. The minimum absolute atomic E-state index is 0.328. The van der Waals surface area contributed by atoms with Crippen molar-refractivity contribution in [2.75, 3.05) is 5.32 Å². The van der Waals surface area contributed by atoms with Gasteiger partial charge in [0.25, 0.3) is 0 Å². The van der Waals surface area contributed by atoms with Crippen LogP contribution in [0.1, 0.15) is 16.7 Å². The molecular formula is C24H18ClFN5O2S-. The topological polar surface area (TPSA) is 116 Å². The van der Waals surface area contributed by atoms with Gasteiger partial charge in [-0.3, -0.25) is 14.3 Å². The molecular weight excluding hydrogens is 477 g/mol. The van der Waals surface area contributed by atoms with Crippen molar-refractivity contribution in [1.82, 2.24) is 9.97 Å². The number of rotatable bonds is 3. The third-order valence-electron chi connectivity index (χ3n) is 4.92. The van der Waals surface area contributed by atoms with Gasteiger partial charge in [-0.1, -0.05) is 48.0 Å². The number of hydrogen-bond donors (Lipinski definition) is 2. The number of halogens is 2. The van der Waals surface area contributed by atoms with Crippen LogP contribution in [0.15, 0.2) is 84.0 Å². The van der Waals surface area contributed by atoms with Gasteiger partial charge < -0.3 is 9.87 Å². The van der Waals surface area contributed by atoms with Gasteiger partial charge in [-0.25, -0.2) is 14.4 Å². The maximum absolute atomic E-state index is 14.6. The van der Waals surface area contributed by atoms with Crippen molar-refractivity contribution in [1.29, 1.82) is 0 Å². The van der Waals surface area contributed by atoms with Crippen LogP contribution in [0.4, 0.5) is 16.0 Å². The summed E-state index contributed by atoms with van der Waals surface area (Å²) in [5.74, 6) is 0.154. The number of fused-ring (bicyclic) bond motifs is 3. The molecule has 7 nitrogen and oxygen atoms in total. The van der Waals surface area contributed by atoms with Gasteiger partial charge in [0, 0.05) is 50.4 Å². The lowest BCUT2D eigenvalue weighted by Crippen LogP contribution is -2.07. The van der Waals surface area contributed by atoms with Gasteiger partial charge in [-0.15, -0.1) is 0 Å². The fraction of sp³-hybridized carbons (Fsp3) is 0.0417. The van der Waals surface area contributed by atoms with E-state index in [0.717, 1.165) is 28.1 Å². The summed E-state index contributed by atoms with van der Waals surface area (Å²) in [6.45, 7) is 0.344. The monoisotopic (exact) mass is 494 g/mol. The van der Waals surface area contributed by atoms with Crippen LogP contribution in [0.2, 0.25) is 5.02 Å². The number of nitrogens with one attached hydrogen (secondary N) is 1. The van der Waals surface area contributed by atoms with Gasteiger partial charge in [0.15, 0.2) is 0 Å². The number of hydrogen-bond acceptors (Lipinski definition) is 6. The highest BCUT2D eigenvalue weighted by Gasteiger charge is 2.23. The van der Waals surface area contributed by atoms with E-state index in [-0.39, 0.29) is 5.82 Å². The Kier molecular flexibility index (Phi) is 7.39. The van der Waals surface area contributed by atoms with Crippen LogP contribution < -0.4 is 10.5 Å². The first-order valence-electron chi connectivity index (χ1n) is 10.0. The fourth-order valence-electron chi connectivity index (χ4n) is 3.52. The molecule has 3 aromatic carbocycles. The molecule has 0 fully saturated rings. The molecule has 0 saturated carbocycles. The Balaban J connectivity index is 0.000000636. The van der Waals surface area contributed by atoms with Crippen molar-refractivity contribution in [2.24, 2.45) is 10.1 Å². The van der Waals surface area contributed by atoms with Crippen LogP contribution in [0, 0.1) is 5.82 Å². The molecule has 1 aliphatic rings. The van der Waals surface area contributed by atoms with Crippen molar-refractivity contribution >= 4 is 40.2 Å². The standard InChI is InChI=1S/C24H16ClFN4.H3NO2S/c25-16-10-11-18-20(12-16)23(19-8-4-5-9-21(19)26)27-13-15-14-28-24(30-22(15)18)29-17-6-2-1-3-7-17;1-4(2)3/h1-12,14H,13H2,(H,28,29,30);1H2,(H,2,3)/p-1. The molecule has 0 bridgehead atoms. The van der Waals surface area contributed by atoms with E-state index in [1.54, 1.807) is 30.5 Å². The van der Waals surface area contributed by atoms with Gasteiger partial charge in [0.05, 0.1) is 18.0 Å². The van der Waals surface area contributed by atoms with Gasteiger partial charge in [-0.05, 0) is 36.4 Å². The SMILES string of the molecule is Fc1ccccc1C1=NCc2cnc(Nc3ccccc3)nc2-c2ccc(Cl)cc21.NS(=O)[O-]. The summed E-state index contributed by atoms with van der Waals surface area (Å²) in [5.41, 5.74) is 5.09. The molecule has 1 aromatic heterocycles. The van der Waals surface area contributed by atoms with Crippen LogP contribution in [0.5, 0.6) is 0 Å². The predicted octanol–water partition coefficient (Wildman–Crippen LogP) is 4.77. The van der Waals surface area contributed by atoms with Crippen molar-refractivity contribution in [3.05, 3.63) is 107 Å². The van der Waals surface area contributed by atoms with E-state index in [1.807, 2.05) is 42.5 Å². The number of aromatic nitrogens is 2. The summed E-state index contributed by atoms with van der Waals surface area (Å²) in [7, 11) is 0. The lowest BCUT2D eigenvalue weighted by molar-refractivity contribution is 0.538. The molecule has 0 amide bonds. The maximum atomic E-state index is 14.6. The second-order valence-corrected chi connectivity index (χ2v) is 8.11. The molecule has 1 atom stereocenters. The molecule has 34 heavy (non-hydrogen) atoms. The lowest BCUT2D eigenvalue weighted by Gasteiger charge is -2.13. The number of aliphatic imine (C=N–C) groups is 1. The smallest absolute Gasteiger partial charge is 0.227 e. The van der Waals surface area contributed by atoms with Gasteiger partial charge in [0.2, 0.25) is 5.95 Å². The Morgan fingerprint density at radius 1 is 1.00 bits per heavy atom. The Labute approximate surface area is 203 Å². The molecule has 172 valence electrons. The highest BCUT2D eigenvalue weighted by molar-refractivity contribution is 7.76. The largest absolute Gasteiger partial charge is 0.760 e. The van der Waals surface area contributed by atoms with Crippen LogP contribution >= 0.6 is 11.6 Å². The second-order valence-electron chi connectivity index (χ2n) is 7.15. The number of nitrogens with two attached hydrogens (primary N) is 1. The summed E-state index contributed by atoms with van der Waals surface area (Å²) < 4.78 is 32.1. The predicted molar refractivity (Wildman–Crippen MR) is 131 cm³/mol. The van der Waals surface area contributed by atoms with Gasteiger partial charge in [0.1, 0.15) is 5.82 Å². The molecule has 10 heteroatoms. The van der Waals surface area contributed by atoms with E-state index in [0.29, 0.717) is 28.8 Å². The number of anilines is 2. The van der Waals surface area contributed by atoms with E-state index in [2.05, 4.69) is 15.4 Å². The minimum atomic E-state index is -2.36. The maximum Gasteiger partial charge on any atom is 0.227 e. The van der Waals surface area contributed by atoms with Crippen LogP contribution in [-0.2, 0) is 17.8 Å². The van der Waals surface area contributed by atoms with Gasteiger partial charge >= 0.3 is 0 Å².